The standard InChI is InChI=1S/C23H30O8S/c1-5-10-30-14-32(25,26)22-9-6-15(11-17(22)24)18-7-8-19(31-18)16-12-20(27-2)23(29-4)21(13-16)28-3/h6,9,11-13,18-19,24H,5,7-8,10,14H2,1-4H3/t18-,19-/m0/s1. The highest BCUT2D eigenvalue weighted by molar-refractivity contribution is 7.91. The molecule has 2 atom stereocenters. The van der Waals surface area contributed by atoms with E-state index in [0.29, 0.717) is 42.3 Å². The zero-order valence-electron chi connectivity index (χ0n) is 18.8. The smallest absolute Gasteiger partial charge is 0.205 e. The number of phenolic OH excluding ortho intramolecular Hbond substituents is 1. The van der Waals surface area contributed by atoms with E-state index in [0.717, 1.165) is 12.0 Å². The van der Waals surface area contributed by atoms with Gasteiger partial charge in [-0.2, -0.15) is 0 Å². The summed E-state index contributed by atoms with van der Waals surface area (Å²) in [6.07, 6.45) is 1.69. The second-order valence-electron chi connectivity index (χ2n) is 7.52. The van der Waals surface area contributed by atoms with Gasteiger partial charge < -0.3 is 28.8 Å². The van der Waals surface area contributed by atoms with Crippen molar-refractivity contribution < 1.29 is 37.2 Å². The Hall–Kier alpha value is -2.49. The molecule has 1 saturated heterocycles. The van der Waals surface area contributed by atoms with Crippen molar-refractivity contribution in [3.8, 4) is 23.0 Å². The predicted octanol–water partition coefficient (Wildman–Crippen LogP) is 4.17. The Balaban J connectivity index is 1.78. The van der Waals surface area contributed by atoms with Crippen LogP contribution < -0.4 is 14.2 Å². The maximum atomic E-state index is 12.4. The van der Waals surface area contributed by atoms with Crippen LogP contribution in [0.25, 0.3) is 0 Å². The summed E-state index contributed by atoms with van der Waals surface area (Å²) < 4.78 is 52.4. The Bertz CT molecular complexity index is 1010. The summed E-state index contributed by atoms with van der Waals surface area (Å²) >= 11 is 0. The van der Waals surface area contributed by atoms with Crippen molar-refractivity contribution in [2.24, 2.45) is 0 Å². The van der Waals surface area contributed by atoms with Gasteiger partial charge in [0.05, 0.1) is 33.5 Å². The predicted molar refractivity (Wildman–Crippen MR) is 118 cm³/mol. The third-order valence-electron chi connectivity index (χ3n) is 5.36. The first-order valence-electron chi connectivity index (χ1n) is 10.4. The van der Waals surface area contributed by atoms with E-state index in [2.05, 4.69) is 0 Å². The molecule has 1 aliphatic rings. The van der Waals surface area contributed by atoms with Gasteiger partial charge in [-0.15, -0.1) is 0 Å². The maximum absolute atomic E-state index is 12.4. The molecule has 176 valence electrons. The Morgan fingerprint density at radius 2 is 1.59 bits per heavy atom. The Labute approximate surface area is 188 Å². The molecule has 32 heavy (non-hydrogen) atoms. The molecule has 0 radical (unpaired) electrons. The summed E-state index contributed by atoms with van der Waals surface area (Å²) in [5, 5.41) is 10.4. The van der Waals surface area contributed by atoms with Gasteiger partial charge in [0.2, 0.25) is 15.6 Å². The molecule has 0 spiro atoms. The zero-order chi connectivity index (χ0) is 23.3. The fourth-order valence-electron chi connectivity index (χ4n) is 3.79. The fourth-order valence-corrected chi connectivity index (χ4v) is 4.91. The first kappa shape index (κ1) is 24.2. The van der Waals surface area contributed by atoms with E-state index >= 15 is 0 Å². The van der Waals surface area contributed by atoms with Gasteiger partial charge in [0.15, 0.2) is 17.4 Å². The minimum absolute atomic E-state index is 0.142. The van der Waals surface area contributed by atoms with Crippen molar-refractivity contribution in [3.05, 3.63) is 41.5 Å². The molecule has 1 aliphatic heterocycles. The Morgan fingerprint density at radius 3 is 2.12 bits per heavy atom. The zero-order valence-corrected chi connectivity index (χ0v) is 19.6. The van der Waals surface area contributed by atoms with Crippen molar-refractivity contribution in [3.63, 3.8) is 0 Å². The number of rotatable bonds is 10. The number of phenols is 1. The van der Waals surface area contributed by atoms with Crippen molar-refractivity contribution in [1.29, 1.82) is 0 Å². The molecule has 2 aromatic rings. The van der Waals surface area contributed by atoms with Crippen LogP contribution in [0.2, 0.25) is 0 Å². The molecule has 0 amide bonds. The third kappa shape index (κ3) is 5.11. The molecule has 0 bridgehead atoms. The normalized spacial score (nSPS) is 18.5. The van der Waals surface area contributed by atoms with Gasteiger partial charge in [-0.3, -0.25) is 0 Å². The van der Waals surface area contributed by atoms with Gasteiger partial charge >= 0.3 is 0 Å². The van der Waals surface area contributed by atoms with Crippen LogP contribution in [-0.2, 0) is 19.3 Å². The van der Waals surface area contributed by atoms with Crippen LogP contribution in [0.5, 0.6) is 23.0 Å². The lowest BCUT2D eigenvalue weighted by Gasteiger charge is -2.18. The number of methoxy groups -OCH3 is 3. The molecule has 8 nitrogen and oxygen atoms in total. The highest BCUT2D eigenvalue weighted by Gasteiger charge is 2.30. The van der Waals surface area contributed by atoms with Crippen LogP contribution in [0.4, 0.5) is 0 Å². The van der Waals surface area contributed by atoms with Gasteiger partial charge in [0.1, 0.15) is 10.6 Å². The monoisotopic (exact) mass is 466 g/mol. The van der Waals surface area contributed by atoms with Gasteiger partial charge in [-0.05, 0) is 54.7 Å². The number of ether oxygens (including phenoxy) is 5. The summed E-state index contributed by atoms with van der Waals surface area (Å²) in [4.78, 5) is -0.142. The fraction of sp³-hybridized carbons (Fsp3) is 0.478. The summed E-state index contributed by atoms with van der Waals surface area (Å²) in [7, 11) is 0.939. The van der Waals surface area contributed by atoms with E-state index in [9.17, 15) is 13.5 Å². The molecular formula is C23H30O8S. The topological polar surface area (TPSA) is 101 Å². The molecule has 1 N–H and O–H groups in total. The summed E-state index contributed by atoms with van der Waals surface area (Å²) in [6.45, 7) is 2.24. The van der Waals surface area contributed by atoms with Gasteiger partial charge in [-0.1, -0.05) is 13.0 Å². The van der Waals surface area contributed by atoms with Gasteiger partial charge in [0.25, 0.3) is 0 Å². The minimum Gasteiger partial charge on any atom is -0.507 e. The Kier molecular flexibility index (Phi) is 7.86. The lowest BCUT2D eigenvalue weighted by atomic mass is 10.0. The second kappa shape index (κ2) is 10.4. The number of hydrogen-bond donors (Lipinski definition) is 1. The molecule has 1 fully saturated rings. The van der Waals surface area contributed by atoms with Crippen molar-refractivity contribution in [2.75, 3.05) is 33.9 Å². The molecule has 1 heterocycles. The average Bonchev–Trinajstić information content (AvgIpc) is 3.28. The lowest BCUT2D eigenvalue weighted by Crippen LogP contribution is -2.11. The van der Waals surface area contributed by atoms with Crippen molar-refractivity contribution in [1.82, 2.24) is 0 Å². The highest BCUT2D eigenvalue weighted by Crippen LogP contribution is 2.46. The highest BCUT2D eigenvalue weighted by atomic mass is 32.2. The summed E-state index contributed by atoms with van der Waals surface area (Å²) in [5.74, 6) is 0.842. The van der Waals surface area contributed by atoms with Crippen LogP contribution in [0.1, 0.15) is 49.5 Å². The average molecular weight is 467 g/mol. The summed E-state index contributed by atoms with van der Waals surface area (Å²) in [6, 6.07) is 8.25. The quantitative estimate of drug-likeness (QED) is 0.521. The first-order chi connectivity index (χ1) is 15.3. The van der Waals surface area contributed by atoms with Crippen LogP contribution in [0.3, 0.4) is 0 Å². The van der Waals surface area contributed by atoms with Crippen molar-refractivity contribution >= 4 is 9.84 Å². The molecule has 0 unspecified atom stereocenters. The van der Waals surface area contributed by atoms with Crippen LogP contribution in [0, 0.1) is 0 Å². The van der Waals surface area contributed by atoms with E-state index in [4.69, 9.17) is 23.7 Å². The largest absolute Gasteiger partial charge is 0.507 e. The first-order valence-corrected chi connectivity index (χ1v) is 12.1. The van der Waals surface area contributed by atoms with Crippen LogP contribution >= 0.6 is 0 Å². The van der Waals surface area contributed by atoms with E-state index < -0.39 is 15.8 Å². The molecule has 0 aromatic heterocycles. The van der Waals surface area contributed by atoms with Gasteiger partial charge in [0, 0.05) is 6.61 Å². The number of aromatic hydroxyl groups is 1. The third-order valence-corrected chi connectivity index (χ3v) is 6.85. The van der Waals surface area contributed by atoms with E-state index in [-0.39, 0.29) is 22.9 Å². The molecule has 0 saturated carbocycles. The molecule has 9 heteroatoms. The number of sulfone groups is 1. The molecule has 0 aliphatic carbocycles. The lowest BCUT2D eigenvalue weighted by molar-refractivity contribution is 0.0436. The van der Waals surface area contributed by atoms with Crippen molar-refractivity contribution in [2.45, 2.75) is 43.3 Å². The van der Waals surface area contributed by atoms with E-state index in [1.807, 2.05) is 19.1 Å². The number of hydrogen-bond acceptors (Lipinski definition) is 8. The molecule has 2 aromatic carbocycles. The van der Waals surface area contributed by atoms with Gasteiger partial charge in [-0.25, -0.2) is 8.42 Å². The Morgan fingerprint density at radius 1 is 0.969 bits per heavy atom. The maximum Gasteiger partial charge on any atom is 0.205 e. The van der Waals surface area contributed by atoms with Crippen LogP contribution in [0.15, 0.2) is 35.2 Å². The van der Waals surface area contributed by atoms with E-state index in [1.165, 1.54) is 12.1 Å². The SMILES string of the molecule is CCCOCS(=O)(=O)c1ccc([C@@H]2CC[C@@H](c3cc(OC)c(OC)c(OC)c3)O2)cc1O. The molecular weight excluding hydrogens is 436 g/mol. The van der Waals surface area contributed by atoms with Crippen LogP contribution in [-0.4, -0.2) is 47.4 Å². The second-order valence-corrected chi connectivity index (χ2v) is 9.42. The molecule has 3 rings (SSSR count). The minimum atomic E-state index is -3.73. The summed E-state index contributed by atoms with van der Waals surface area (Å²) in [5.41, 5.74) is 1.60. The van der Waals surface area contributed by atoms with E-state index in [1.54, 1.807) is 27.4 Å². The number of benzene rings is 2.